The first kappa shape index (κ1) is 84.2. The standard InChI is InChI=1S/C12H22N2O4.C11H19N3O5.C11H21N3O3.C11H18N2O3.3CO2/c1-8(9(13)16-7)14-18-12(5,6)10(15)17-11(2,3)4;1-10(2,3)18-9(16)11(4,5)19-14-8(7(12)13)17-6-15;1-7(8(12)13)14-17-11(5,6)9(15)16-10(2,3)4;1-8(7-12)13-16-11(5,6)9(14)15-10(2,3)4;3*2-1-3/h13H,1-7H3;6H,1-5H3,(H3,12,13);1-6H3,(H3,12,13);1-6H3;;;/b13-9?,14-8+;14-8-;14-7+;13-8+;;;. The molecule has 0 saturated heterocycles. The largest absolute Gasteiger partial charge is 0.480 e. The Morgan fingerprint density at radius 1 is 0.456 bits per heavy atom. The summed E-state index contributed by atoms with van der Waals surface area (Å²) in [5.41, 5.74) is 3.42. The van der Waals surface area contributed by atoms with Crippen molar-refractivity contribution in [2.45, 2.75) is 204 Å². The van der Waals surface area contributed by atoms with Gasteiger partial charge >= 0.3 is 42.3 Å². The Kier molecular flexibility index (Phi) is 41.3. The molecule has 0 spiro atoms. The average molecular weight is 1130 g/mol. The van der Waals surface area contributed by atoms with Gasteiger partial charge in [-0.05, 0) is 164 Å². The van der Waals surface area contributed by atoms with Crippen LogP contribution in [0.5, 0.6) is 0 Å². The van der Waals surface area contributed by atoms with Crippen LogP contribution in [0.25, 0.3) is 0 Å². The summed E-state index contributed by atoms with van der Waals surface area (Å²) >= 11 is 0. The highest BCUT2D eigenvalue weighted by Gasteiger charge is 2.38. The van der Waals surface area contributed by atoms with Crippen molar-refractivity contribution in [1.82, 2.24) is 0 Å². The van der Waals surface area contributed by atoms with Gasteiger partial charge in [0.15, 0.2) is 11.5 Å². The van der Waals surface area contributed by atoms with Crippen molar-refractivity contribution < 1.29 is 101 Å². The molecule has 0 atom stereocenters. The van der Waals surface area contributed by atoms with Crippen molar-refractivity contribution >= 4 is 89.4 Å². The molecule has 0 saturated carbocycles. The van der Waals surface area contributed by atoms with Crippen LogP contribution in [-0.4, -0.2) is 141 Å². The van der Waals surface area contributed by atoms with Gasteiger partial charge in [-0.3, -0.25) is 21.0 Å². The molecule has 0 aromatic carbocycles. The fourth-order valence-electron chi connectivity index (χ4n) is 2.89. The van der Waals surface area contributed by atoms with Crippen LogP contribution in [0.1, 0.15) is 159 Å². The van der Waals surface area contributed by atoms with Crippen molar-refractivity contribution in [2.24, 2.45) is 32.1 Å². The zero-order chi connectivity index (χ0) is 64.8. The lowest BCUT2D eigenvalue weighted by Crippen LogP contribution is -2.40. The van der Waals surface area contributed by atoms with Crippen LogP contribution in [-0.2, 0) is 101 Å². The molecule has 7 N–H and O–H groups in total. The first-order valence-corrected chi connectivity index (χ1v) is 22.5. The number of esters is 4. The monoisotopic (exact) mass is 1130 g/mol. The van der Waals surface area contributed by atoms with E-state index >= 15 is 0 Å². The number of oxime groups is 4. The molecule has 0 rings (SSSR count). The van der Waals surface area contributed by atoms with Gasteiger partial charge in [-0.1, -0.05) is 15.5 Å². The minimum absolute atomic E-state index is 0.0457. The second-order valence-electron chi connectivity index (χ2n) is 20.8. The summed E-state index contributed by atoms with van der Waals surface area (Å²) in [5, 5.41) is 44.2. The quantitative estimate of drug-likeness (QED) is 0.0379. The van der Waals surface area contributed by atoms with Crippen LogP contribution in [0.3, 0.4) is 0 Å². The maximum absolute atomic E-state index is 11.8. The number of carbonyl (C=O) groups is 5. The summed E-state index contributed by atoms with van der Waals surface area (Å²) in [7, 11) is 1.36. The number of methoxy groups -OCH3 is 1. The third-order valence-electron chi connectivity index (χ3n) is 6.63. The van der Waals surface area contributed by atoms with Crippen molar-refractivity contribution in [3.63, 3.8) is 0 Å². The molecule has 0 aromatic heterocycles. The summed E-state index contributed by atoms with van der Waals surface area (Å²) in [4.78, 5) is 126. The van der Waals surface area contributed by atoms with Crippen LogP contribution in [0.2, 0.25) is 0 Å². The fraction of sp³-hybridized carbons (Fsp3) is 0.667. The zero-order valence-corrected chi connectivity index (χ0v) is 49.5. The summed E-state index contributed by atoms with van der Waals surface area (Å²) in [6.07, 6.45) is 0.750. The molecule has 31 heteroatoms. The molecule has 0 aliphatic carbocycles. The predicted octanol–water partition coefficient (Wildman–Crippen LogP) is 4.38. The third kappa shape index (κ3) is 51.2. The Morgan fingerprint density at radius 2 is 0.696 bits per heavy atom. The molecule has 0 fully saturated rings. The van der Waals surface area contributed by atoms with Crippen molar-refractivity contribution in [3.05, 3.63) is 0 Å². The van der Waals surface area contributed by atoms with Gasteiger partial charge in [0.05, 0.1) is 7.11 Å². The maximum atomic E-state index is 11.8. The molecule has 31 nitrogen and oxygen atoms in total. The molecule has 0 bridgehead atoms. The van der Waals surface area contributed by atoms with Gasteiger partial charge in [0.25, 0.3) is 12.4 Å². The summed E-state index contributed by atoms with van der Waals surface area (Å²) < 4.78 is 29.7. The van der Waals surface area contributed by atoms with E-state index in [1.165, 1.54) is 62.5 Å². The van der Waals surface area contributed by atoms with E-state index < -0.39 is 80.4 Å². The molecule has 0 amide bonds. The van der Waals surface area contributed by atoms with Gasteiger partial charge in [0.2, 0.25) is 28.3 Å². The van der Waals surface area contributed by atoms with Gasteiger partial charge in [-0.15, -0.1) is 0 Å². The first-order valence-electron chi connectivity index (χ1n) is 22.5. The smallest absolute Gasteiger partial charge is 0.373 e. The lowest BCUT2D eigenvalue weighted by atomic mass is 10.1. The molecule has 0 aliphatic rings. The van der Waals surface area contributed by atoms with E-state index in [-0.39, 0.29) is 53.8 Å². The summed E-state index contributed by atoms with van der Waals surface area (Å²) in [6, 6.07) is 1.80. The number of nitriles is 1. The Balaban J connectivity index is -0.000000166. The lowest BCUT2D eigenvalue weighted by Gasteiger charge is -2.26. The molecule has 79 heavy (non-hydrogen) atoms. The van der Waals surface area contributed by atoms with Crippen molar-refractivity contribution in [2.75, 3.05) is 7.11 Å². The zero-order valence-electron chi connectivity index (χ0n) is 49.5. The Labute approximate surface area is 459 Å². The van der Waals surface area contributed by atoms with Crippen molar-refractivity contribution in [3.8, 4) is 6.07 Å². The van der Waals surface area contributed by atoms with Gasteiger partial charge in [-0.25, -0.2) is 19.2 Å². The number of nitrogens with one attached hydrogen (secondary N) is 3. The highest BCUT2D eigenvalue weighted by atomic mass is 16.7. The molecule has 0 unspecified atom stereocenters. The number of nitrogens with two attached hydrogens (primary N) is 2. The number of rotatable bonds is 15. The number of ether oxygens (including phenoxy) is 6. The topological polar surface area (TPSA) is 477 Å². The number of nitrogens with zero attached hydrogens (tertiary/aromatic N) is 5. The molecule has 0 aromatic rings. The highest BCUT2D eigenvalue weighted by Crippen LogP contribution is 2.21. The lowest BCUT2D eigenvalue weighted by molar-refractivity contribution is -0.193. The number of carbonyl (C=O) groups excluding carboxylic acids is 11. The van der Waals surface area contributed by atoms with Crippen molar-refractivity contribution in [1.29, 1.82) is 21.5 Å². The molecule has 448 valence electrons. The minimum atomic E-state index is -1.42. The number of hydrogen-bond donors (Lipinski definition) is 5. The van der Waals surface area contributed by atoms with Crippen LogP contribution in [0.15, 0.2) is 20.6 Å². The van der Waals surface area contributed by atoms with E-state index in [4.69, 9.17) is 100 Å². The summed E-state index contributed by atoms with van der Waals surface area (Å²) in [6.45, 7) is 37.8. The van der Waals surface area contributed by atoms with Gasteiger partial charge in [0, 0.05) is 0 Å². The Hall–Kier alpha value is -8.73. The van der Waals surface area contributed by atoms with Gasteiger partial charge in [-0.2, -0.15) is 34.0 Å². The molecule has 0 heterocycles. The van der Waals surface area contributed by atoms with Gasteiger partial charge in [0.1, 0.15) is 45.7 Å². The second kappa shape index (κ2) is 38.8. The SMILES string of the molecule is C/C(=N\OC(C)(C)C(=O)OC(C)(C)C)C(=N)N.C/C(C#N)=N\OC(C)(C)C(=O)OC(C)(C)C.CC(C)(C)OC(=O)C(C)(C)O/N=C(\OC=O)C(=N)N.COC(=N)/C(C)=N/OC(C)(C)C(=O)OC(C)(C)C.O=C=O.O=C=O.O=C=O. The average Bonchev–Trinajstić information content (AvgIpc) is 3.26. The molecule has 0 radical (unpaired) electrons. The van der Waals surface area contributed by atoms with Crippen LogP contribution in [0, 0.1) is 27.6 Å². The van der Waals surface area contributed by atoms with E-state index in [1.807, 2.05) is 0 Å². The molecule has 0 aliphatic heterocycles. The van der Waals surface area contributed by atoms with Gasteiger partial charge < -0.3 is 59.2 Å². The Bertz CT molecular complexity index is 2250. The van der Waals surface area contributed by atoms with E-state index in [2.05, 4.69) is 30.1 Å². The minimum Gasteiger partial charge on any atom is -0.480 e. The maximum Gasteiger partial charge on any atom is 0.373 e. The molecular formula is C48H80N10O21. The van der Waals surface area contributed by atoms with Crippen LogP contribution >= 0.6 is 0 Å². The van der Waals surface area contributed by atoms with E-state index in [1.54, 1.807) is 110 Å². The number of amidine groups is 2. The van der Waals surface area contributed by atoms with E-state index in [9.17, 15) is 24.0 Å². The predicted molar refractivity (Wildman–Crippen MR) is 277 cm³/mol. The highest BCUT2D eigenvalue weighted by molar-refractivity contribution is 6.38. The van der Waals surface area contributed by atoms with Crippen LogP contribution < -0.4 is 11.5 Å². The van der Waals surface area contributed by atoms with E-state index in [0.29, 0.717) is 0 Å². The third-order valence-corrected chi connectivity index (χ3v) is 6.63. The number of hydrogen-bond acceptors (Lipinski definition) is 29. The second-order valence-corrected chi connectivity index (χ2v) is 20.8. The van der Waals surface area contributed by atoms with Crippen LogP contribution in [0.4, 0.5) is 0 Å². The Morgan fingerprint density at radius 3 is 0.899 bits per heavy atom. The van der Waals surface area contributed by atoms with E-state index in [0.717, 1.165) is 0 Å². The fourth-order valence-corrected chi connectivity index (χ4v) is 2.89. The normalized spacial score (nSPS) is 11.7. The molecular weight excluding hydrogens is 1050 g/mol. The summed E-state index contributed by atoms with van der Waals surface area (Å²) in [5.74, 6) is -3.67. The first-order chi connectivity index (χ1) is 35.3.